The minimum atomic E-state index is -1.22. The highest BCUT2D eigenvalue weighted by Gasteiger charge is 2.17. The summed E-state index contributed by atoms with van der Waals surface area (Å²) in [6.07, 6.45) is 0. The second-order valence-electron chi connectivity index (χ2n) is 4.23. The fourth-order valence-electron chi connectivity index (χ4n) is 1.85. The van der Waals surface area contributed by atoms with Gasteiger partial charge in [-0.25, -0.2) is 9.18 Å². The summed E-state index contributed by atoms with van der Waals surface area (Å²) in [6, 6.07) is 8.82. The third kappa shape index (κ3) is 3.66. The van der Waals surface area contributed by atoms with Crippen molar-refractivity contribution in [1.82, 2.24) is 0 Å². The van der Waals surface area contributed by atoms with Crippen LogP contribution < -0.4 is 4.74 Å². The number of phenols is 1. The maximum absolute atomic E-state index is 13.1. The van der Waals surface area contributed by atoms with Crippen molar-refractivity contribution in [3.05, 3.63) is 53.3 Å². The quantitative estimate of drug-likeness (QED) is 0.827. The van der Waals surface area contributed by atoms with Crippen LogP contribution in [-0.4, -0.2) is 23.3 Å². The number of hydrogen-bond donors (Lipinski definition) is 2. The zero-order chi connectivity index (χ0) is 15.4. The topological polar surface area (TPSA) is 66.8 Å². The minimum Gasteiger partial charge on any atom is -0.507 e. The molecule has 0 fully saturated rings. The Kier molecular flexibility index (Phi) is 4.70. The molecule has 0 amide bonds. The van der Waals surface area contributed by atoms with Gasteiger partial charge in [0.05, 0.1) is 7.11 Å². The second-order valence-corrected chi connectivity index (χ2v) is 5.28. The molecule has 2 N–H and O–H groups in total. The number of ether oxygens (including phenoxy) is 1. The van der Waals surface area contributed by atoms with Gasteiger partial charge in [-0.1, -0.05) is 6.07 Å². The minimum absolute atomic E-state index is 0.167. The highest BCUT2D eigenvalue weighted by atomic mass is 32.2. The first-order chi connectivity index (χ1) is 10.0. The van der Waals surface area contributed by atoms with Gasteiger partial charge in [0.1, 0.15) is 22.9 Å². The third-order valence-corrected chi connectivity index (χ3v) is 3.86. The summed E-state index contributed by atoms with van der Waals surface area (Å²) in [4.78, 5) is 11.9. The van der Waals surface area contributed by atoms with Crippen LogP contribution >= 0.6 is 11.8 Å². The number of hydrogen-bond acceptors (Lipinski definition) is 4. The number of carboxylic acid groups (broad SMARTS) is 1. The largest absolute Gasteiger partial charge is 0.507 e. The first-order valence-corrected chi connectivity index (χ1v) is 7.01. The van der Waals surface area contributed by atoms with Gasteiger partial charge in [0, 0.05) is 16.7 Å². The molecule has 0 spiro atoms. The Hall–Kier alpha value is -2.21. The molecule has 0 saturated heterocycles. The Labute approximate surface area is 125 Å². The summed E-state index contributed by atoms with van der Waals surface area (Å²) in [5, 5.41) is 19.0. The fraction of sp³-hybridized carbons (Fsp3) is 0.133. The van der Waals surface area contributed by atoms with E-state index < -0.39 is 5.97 Å². The summed E-state index contributed by atoms with van der Waals surface area (Å²) < 4.78 is 18.1. The van der Waals surface area contributed by atoms with E-state index in [0.717, 1.165) is 0 Å². The molecular formula is C15H13FO4S. The molecule has 0 bridgehead atoms. The van der Waals surface area contributed by atoms with Gasteiger partial charge in [-0.2, -0.15) is 0 Å². The van der Waals surface area contributed by atoms with E-state index in [2.05, 4.69) is 0 Å². The molecule has 0 aromatic heterocycles. The number of aromatic carboxylic acids is 1. The van der Waals surface area contributed by atoms with Crippen LogP contribution in [0, 0.1) is 5.82 Å². The van der Waals surface area contributed by atoms with Gasteiger partial charge in [-0.3, -0.25) is 0 Å². The van der Waals surface area contributed by atoms with Crippen LogP contribution in [0.1, 0.15) is 15.9 Å². The summed E-state index contributed by atoms with van der Waals surface area (Å²) in [7, 11) is 1.43. The molecule has 2 aromatic rings. The van der Waals surface area contributed by atoms with Crippen molar-refractivity contribution in [2.24, 2.45) is 0 Å². The molecular weight excluding hydrogens is 295 g/mol. The van der Waals surface area contributed by atoms with Crippen molar-refractivity contribution >= 4 is 17.7 Å². The van der Waals surface area contributed by atoms with Crippen molar-refractivity contribution in [2.45, 2.75) is 10.6 Å². The smallest absolute Gasteiger partial charge is 0.339 e. The van der Waals surface area contributed by atoms with E-state index in [9.17, 15) is 19.4 Å². The number of benzene rings is 2. The zero-order valence-electron chi connectivity index (χ0n) is 11.2. The molecule has 0 aliphatic carbocycles. The van der Waals surface area contributed by atoms with Crippen molar-refractivity contribution in [3.8, 4) is 11.5 Å². The molecule has 0 aliphatic heterocycles. The molecule has 4 nitrogen and oxygen atoms in total. The Morgan fingerprint density at radius 3 is 2.71 bits per heavy atom. The maximum atomic E-state index is 13.1. The standard InChI is InChI=1S/C15H13FO4S/c1-20-11-5-9(14(15(18)19)13(17)7-11)8-21-12-4-2-3-10(16)6-12/h2-7,17H,8H2,1H3,(H,18,19). The van der Waals surface area contributed by atoms with E-state index in [4.69, 9.17) is 4.74 Å². The number of halogens is 1. The molecule has 0 heterocycles. The van der Waals surface area contributed by atoms with E-state index in [1.807, 2.05) is 0 Å². The lowest BCUT2D eigenvalue weighted by Crippen LogP contribution is -2.03. The van der Waals surface area contributed by atoms with Crippen LogP contribution in [0.25, 0.3) is 0 Å². The van der Waals surface area contributed by atoms with Crippen LogP contribution in [-0.2, 0) is 5.75 Å². The normalized spacial score (nSPS) is 10.4. The van der Waals surface area contributed by atoms with Crippen LogP contribution in [0.3, 0.4) is 0 Å². The lowest BCUT2D eigenvalue weighted by Gasteiger charge is -2.10. The van der Waals surface area contributed by atoms with Gasteiger partial charge in [-0.15, -0.1) is 11.8 Å². The Balaban J connectivity index is 2.29. The van der Waals surface area contributed by atoms with Crippen LogP contribution in [0.15, 0.2) is 41.3 Å². The van der Waals surface area contributed by atoms with E-state index >= 15 is 0 Å². The van der Waals surface area contributed by atoms with Gasteiger partial charge in [0.15, 0.2) is 0 Å². The Morgan fingerprint density at radius 1 is 1.33 bits per heavy atom. The molecule has 0 atom stereocenters. The molecule has 110 valence electrons. The number of carboxylic acids is 1. The number of aromatic hydroxyl groups is 1. The number of carbonyl (C=O) groups is 1. The van der Waals surface area contributed by atoms with Crippen molar-refractivity contribution < 1.29 is 24.1 Å². The van der Waals surface area contributed by atoms with Gasteiger partial charge in [-0.05, 0) is 29.8 Å². The van der Waals surface area contributed by atoms with Gasteiger partial charge in [0.25, 0.3) is 0 Å². The molecule has 6 heteroatoms. The highest BCUT2D eigenvalue weighted by molar-refractivity contribution is 7.98. The number of rotatable bonds is 5. The maximum Gasteiger partial charge on any atom is 0.339 e. The lowest BCUT2D eigenvalue weighted by molar-refractivity contribution is 0.0693. The molecule has 0 unspecified atom stereocenters. The monoisotopic (exact) mass is 308 g/mol. The average Bonchev–Trinajstić information content (AvgIpc) is 2.44. The lowest BCUT2D eigenvalue weighted by atomic mass is 10.1. The Morgan fingerprint density at radius 2 is 2.10 bits per heavy atom. The van der Waals surface area contributed by atoms with E-state index in [1.54, 1.807) is 18.2 Å². The van der Waals surface area contributed by atoms with E-state index in [-0.39, 0.29) is 22.9 Å². The second kappa shape index (κ2) is 6.49. The first-order valence-electron chi connectivity index (χ1n) is 6.03. The van der Waals surface area contributed by atoms with Crippen LogP contribution in [0.5, 0.6) is 11.5 Å². The van der Waals surface area contributed by atoms with Crippen LogP contribution in [0.2, 0.25) is 0 Å². The van der Waals surface area contributed by atoms with Crippen molar-refractivity contribution in [3.63, 3.8) is 0 Å². The summed E-state index contributed by atoms with van der Waals surface area (Å²) in [6.45, 7) is 0. The molecule has 0 saturated carbocycles. The van der Waals surface area contributed by atoms with Gasteiger partial charge >= 0.3 is 5.97 Å². The average molecular weight is 308 g/mol. The number of thioether (sulfide) groups is 1. The molecule has 2 rings (SSSR count). The molecule has 21 heavy (non-hydrogen) atoms. The molecule has 0 radical (unpaired) electrons. The molecule has 2 aromatic carbocycles. The van der Waals surface area contributed by atoms with E-state index in [1.165, 1.54) is 37.1 Å². The highest BCUT2D eigenvalue weighted by Crippen LogP contribution is 2.32. The molecule has 0 aliphatic rings. The van der Waals surface area contributed by atoms with Crippen LogP contribution in [0.4, 0.5) is 4.39 Å². The predicted octanol–water partition coefficient (Wildman–Crippen LogP) is 3.53. The van der Waals surface area contributed by atoms with Gasteiger partial charge in [0.2, 0.25) is 0 Å². The summed E-state index contributed by atoms with van der Waals surface area (Å²) >= 11 is 1.28. The first kappa shape index (κ1) is 15.2. The summed E-state index contributed by atoms with van der Waals surface area (Å²) in [5.74, 6) is -1.28. The predicted molar refractivity (Wildman–Crippen MR) is 77.6 cm³/mol. The van der Waals surface area contributed by atoms with E-state index in [0.29, 0.717) is 16.2 Å². The van der Waals surface area contributed by atoms with Crippen molar-refractivity contribution in [2.75, 3.05) is 7.11 Å². The number of methoxy groups -OCH3 is 1. The third-order valence-electron chi connectivity index (χ3n) is 2.81. The van der Waals surface area contributed by atoms with Crippen molar-refractivity contribution in [1.29, 1.82) is 0 Å². The SMILES string of the molecule is COc1cc(O)c(C(=O)O)c(CSc2cccc(F)c2)c1. The van der Waals surface area contributed by atoms with Gasteiger partial charge < -0.3 is 14.9 Å². The summed E-state index contributed by atoms with van der Waals surface area (Å²) in [5.41, 5.74) is 0.244. The zero-order valence-corrected chi connectivity index (χ0v) is 12.0. The Bertz CT molecular complexity index is 673. The fourth-order valence-corrected chi connectivity index (χ4v) is 2.77.